The summed E-state index contributed by atoms with van der Waals surface area (Å²) in [5.41, 5.74) is 8.03. The number of aromatic hydroxyl groups is 1. The third-order valence-corrected chi connectivity index (χ3v) is 6.17. The van der Waals surface area contributed by atoms with Crippen LogP contribution in [-0.2, 0) is 7.05 Å². The van der Waals surface area contributed by atoms with E-state index >= 15 is 0 Å². The van der Waals surface area contributed by atoms with E-state index in [0.29, 0.717) is 17.0 Å². The zero-order valence-electron chi connectivity index (χ0n) is 23.0. The summed E-state index contributed by atoms with van der Waals surface area (Å²) in [6.45, 7) is 14.1. The van der Waals surface area contributed by atoms with Gasteiger partial charge in [0.1, 0.15) is 17.1 Å². The zero-order chi connectivity index (χ0) is 28.5. The maximum atomic E-state index is 12.9. The SMILES string of the molecule is C=C.CC.CN1CCN(c2ccc(Nc3ncc4cc(Oc5cccc(O)c5N)c(=O)n(C)c4n3)cc2)CC1. The van der Waals surface area contributed by atoms with E-state index in [1.54, 1.807) is 31.4 Å². The van der Waals surface area contributed by atoms with Crippen LogP contribution in [0.15, 0.2) is 72.7 Å². The summed E-state index contributed by atoms with van der Waals surface area (Å²) >= 11 is 0. The molecule has 0 amide bonds. The number of benzene rings is 2. The number of nitrogens with two attached hydrogens (primary N) is 1. The molecule has 0 unspecified atom stereocenters. The van der Waals surface area contributed by atoms with Crippen LogP contribution < -0.4 is 26.2 Å². The van der Waals surface area contributed by atoms with Gasteiger partial charge >= 0.3 is 0 Å². The Labute approximate surface area is 229 Å². The quantitative estimate of drug-likeness (QED) is 0.191. The lowest BCUT2D eigenvalue weighted by atomic mass is 10.2. The summed E-state index contributed by atoms with van der Waals surface area (Å²) in [5, 5.41) is 13.6. The molecule has 2 aromatic carbocycles. The van der Waals surface area contributed by atoms with Crippen molar-refractivity contribution in [2.45, 2.75) is 13.8 Å². The van der Waals surface area contributed by atoms with Crippen molar-refractivity contribution in [3.8, 4) is 17.2 Å². The van der Waals surface area contributed by atoms with Gasteiger partial charge in [-0.05, 0) is 49.5 Å². The first kappa shape index (κ1) is 29.0. The van der Waals surface area contributed by atoms with Gasteiger partial charge in [0.15, 0.2) is 11.5 Å². The normalized spacial score (nSPS) is 13.1. The molecule has 4 N–H and O–H groups in total. The number of nitrogen functional groups attached to an aromatic ring is 1. The molecular weight excluding hydrogens is 494 g/mol. The second kappa shape index (κ2) is 13.3. The second-order valence-electron chi connectivity index (χ2n) is 8.60. The minimum absolute atomic E-state index is 0.0566. The zero-order valence-corrected chi connectivity index (χ0v) is 23.0. The highest BCUT2D eigenvalue weighted by Gasteiger charge is 2.15. The molecule has 1 aliphatic rings. The fourth-order valence-electron chi connectivity index (χ4n) is 4.04. The van der Waals surface area contributed by atoms with E-state index in [4.69, 9.17) is 10.5 Å². The molecule has 0 bridgehead atoms. The second-order valence-corrected chi connectivity index (χ2v) is 8.60. The molecule has 0 saturated carbocycles. The molecule has 2 aromatic heterocycles. The number of fused-ring (bicyclic) bond motifs is 1. The largest absolute Gasteiger partial charge is 0.506 e. The van der Waals surface area contributed by atoms with E-state index in [1.807, 2.05) is 26.0 Å². The smallest absolute Gasteiger partial charge is 0.294 e. The molecule has 1 saturated heterocycles. The molecule has 0 aliphatic carbocycles. The van der Waals surface area contributed by atoms with Crippen LogP contribution in [0.4, 0.5) is 23.0 Å². The maximum absolute atomic E-state index is 12.9. The average Bonchev–Trinajstić information content (AvgIpc) is 2.97. The van der Waals surface area contributed by atoms with Crippen molar-refractivity contribution < 1.29 is 9.84 Å². The molecule has 206 valence electrons. The van der Waals surface area contributed by atoms with E-state index in [2.05, 4.69) is 57.4 Å². The van der Waals surface area contributed by atoms with Crippen molar-refractivity contribution >= 4 is 34.0 Å². The number of aryl methyl sites for hydroxylation is 1. The van der Waals surface area contributed by atoms with Crippen molar-refractivity contribution in [2.24, 2.45) is 7.05 Å². The number of nitrogens with one attached hydrogen (secondary N) is 1. The fraction of sp³-hybridized carbons (Fsp3) is 0.276. The highest BCUT2D eigenvalue weighted by molar-refractivity contribution is 5.77. The Bertz CT molecular complexity index is 1450. The Morgan fingerprint density at radius 1 is 1.00 bits per heavy atom. The summed E-state index contributed by atoms with van der Waals surface area (Å²) in [6, 6.07) is 14.3. The minimum atomic E-state index is -0.388. The molecule has 1 aliphatic heterocycles. The summed E-state index contributed by atoms with van der Waals surface area (Å²) in [4.78, 5) is 26.5. The maximum Gasteiger partial charge on any atom is 0.294 e. The third kappa shape index (κ3) is 6.66. The van der Waals surface area contributed by atoms with Crippen LogP contribution >= 0.6 is 0 Å². The molecule has 39 heavy (non-hydrogen) atoms. The summed E-state index contributed by atoms with van der Waals surface area (Å²) in [5.74, 6) is 0.517. The van der Waals surface area contributed by atoms with Gasteiger partial charge in [0.05, 0.1) is 0 Å². The summed E-state index contributed by atoms with van der Waals surface area (Å²) in [6.07, 6.45) is 1.63. The van der Waals surface area contributed by atoms with Gasteiger partial charge in [0.25, 0.3) is 5.56 Å². The number of phenols is 1. The Kier molecular flexibility index (Phi) is 9.88. The number of phenolic OH excluding ortho intramolecular Hbond substituents is 1. The number of aromatic nitrogens is 3. The molecule has 0 radical (unpaired) electrons. The number of para-hydroxylation sites is 1. The van der Waals surface area contributed by atoms with Crippen LogP contribution in [0.25, 0.3) is 11.0 Å². The number of ether oxygens (including phenoxy) is 1. The van der Waals surface area contributed by atoms with E-state index in [1.165, 1.54) is 16.3 Å². The number of likely N-dealkylation sites (N-methyl/N-ethyl adjacent to an activating group) is 1. The molecule has 4 aromatic rings. The van der Waals surface area contributed by atoms with Gasteiger partial charge in [-0.2, -0.15) is 4.98 Å². The average molecular weight is 532 g/mol. The minimum Gasteiger partial charge on any atom is -0.506 e. The monoisotopic (exact) mass is 531 g/mol. The van der Waals surface area contributed by atoms with Crippen LogP contribution in [-0.4, -0.2) is 57.8 Å². The van der Waals surface area contributed by atoms with Crippen LogP contribution in [0.2, 0.25) is 0 Å². The fourth-order valence-corrected chi connectivity index (χ4v) is 4.04. The Balaban J connectivity index is 0.00000100. The Morgan fingerprint density at radius 2 is 1.67 bits per heavy atom. The topological polar surface area (TPSA) is 122 Å². The van der Waals surface area contributed by atoms with Gasteiger partial charge in [0, 0.05) is 56.2 Å². The Hall–Kier alpha value is -4.57. The number of anilines is 4. The van der Waals surface area contributed by atoms with Gasteiger partial charge < -0.3 is 30.7 Å². The number of pyridine rings is 1. The van der Waals surface area contributed by atoms with Gasteiger partial charge in [-0.1, -0.05) is 19.9 Å². The van der Waals surface area contributed by atoms with Crippen LogP contribution in [0.1, 0.15) is 13.8 Å². The molecule has 3 heterocycles. The molecule has 1 fully saturated rings. The van der Waals surface area contributed by atoms with Crippen LogP contribution in [0.5, 0.6) is 17.2 Å². The molecule has 10 nitrogen and oxygen atoms in total. The lowest BCUT2D eigenvalue weighted by Gasteiger charge is -2.34. The van der Waals surface area contributed by atoms with Gasteiger partial charge in [-0.15, -0.1) is 13.2 Å². The first-order chi connectivity index (χ1) is 18.9. The highest BCUT2D eigenvalue weighted by atomic mass is 16.5. The lowest BCUT2D eigenvalue weighted by Crippen LogP contribution is -2.44. The lowest BCUT2D eigenvalue weighted by molar-refractivity contribution is 0.313. The number of nitrogens with zero attached hydrogens (tertiary/aromatic N) is 5. The number of piperazine rings is 1. The summed E-state index contributed by atoms with van der Waals surface area (Å²) < 4.78 is 7.10. The number of hydrogen-bond donors (Lipinski definition) is 3. The molecule has 10 heteroatoms. The number of rotatable bonds is 5. The van der Waals surface area contributed by atoms with E-state index < -0.39 is 0 Å². The number of hydrogen-bond acceptors (Lipinski definition) is 9. The standard InChI is InChI=1S/C25H27N7O3.C2H6.C2H4/c1-30-10-12-32(13-11-30)18-8-6-17(7-9-18)28-25-27-15-16-14-21(24(34)31(2)23(16)29-25)35-20-5-3-4-19(33)22(20)26;2*1-2/h3-9,14-15,33H,10-13,26H2,1-2H3,(H,27,28,29);1-2H3;1-2H2. The van der Waals surface area contributed by atoms with Crippen molar-refractivity contribution in [3.05, 3.63) is 78.2 Å². The molecular formula is C29H37N7O3. The summed E-state index contributed by atoms with van der Waals surface area (Å²) in [7, 11) is 3.76. The van der Waals surface area contributed by atoms with Gasteiger partial charge in [-0.3, -0.25) is 9.36 Å². The first-order valence-corrected chi connectivity index (χ1v) is 12.8. The van der Waals surface area contributed by atoms with Gasteiger partial charge in [-0.25, -0.2) is 4.98 Å². The van der Waals surface area contributed by atoms with Crippen molar-refractivity contribution in [1.82, 2.24) is 19.4 Å². The van der Waals surface area contributed by atoms with E-state index in [-0.39, 0.29) is 28.5 Å². The van der Waals surface area contributed by atoms with Crippen molar-refractivity contribution in [2.75, 3.05) is 49.2 Å². The van der Waals surface area contributed by atoms with E-state index in [0.717, 1.165) is 31.9 Å². The van der Waals surface area contributed by atoms with Crippen molar-refractivity contribution in [3.63, 3.8) is 0 Å². The molecule has 0 atom stereocenters. The predicted octanol–water partition coefficient (Wildman–Crippen LogP) is 4.73. The van der Waals surface area contributed by atoms with Crippen LogP contribution in [0, 0.1) is 0 Å². The molecule has 0 spiro atoms. The van der Waals surface area contributed by atoms with Crippen LogP contribution in [0.3, 0.4) is 0 Å². The van der Waals surface area contributed by atoms with Crippen molar-refractivity contribution in [1.29, 1.82) is 0 Å². The third-order valence-electron chi connectivity index (χ3n) is 6.17. The highest BCUT2D eigenvalue weighted by Crippen LogP contribution is 2.33. The van der Waals surface area contributed by atoms with E-state index in [9.17, 15) is 9.90 Å². The predicted molar refractivity (Wildman–Crippen MR) is 159 cm³/mol. The van der Waals surface area contributed by atoms with Gasteiger partial charge in [0.2, 0.25) is 5.95 Å². The Morgan fingerprint density at radius 3 is 2.33 bits per heavy atom. The molecule has 5 rings (SSSR count). The first-order valence-electron chi connectivity index (χ1n) is 12.8.